The van der Waals surface area contributed by atoms with Gasteiger partial charge >= 0.3 is 0 Å². The van der Waals surface area contributed by atoms with Gasteiger partial charge in [-0.25, -0.2) is 0 Å². The maximum absolute atomic E-state index is 11.0. The average Bonchev–Trinajstić information content (AvgIpc) is 2.05. The number of nitrogens with one attached hydrogen (secondary N) is 1. The molecule has 0 unspecified atom stereocenters. The lowest BCUT2D eigenvalue weighted by Crippen LogP contribution is -2.20. The predicted octanol–water partition coefficient (Wildman–Crippen LogP) is 1.58. The van der Waals surface area contributed by atoms with E-state index in [4.69, 9.17) is 11.6 Å². The zero-order valence-electron chi connectivity index (χ0n) is 6.36. The summed E-state index contributed by atoms with van der Waals surface area (Å²) in [4.78, 5) is 11.0. The molecule has 11 heavy (non-hydrogen) atoms. The van der Waals surface area contributed by atoms with E-state index in [-0.39, 0.29) is 5.91 Å². The maximum atomic E-state index is 11.0. The Morgan fingerprint density at radius 2 is 2.27 bits per heavy atom. The topological polar surface area (TPSA) is 29.1 Å². The zero-order chi connectivity index (χ0) is 8.27. The van der Waals surface area contributed by atoms with E-state index >= 15 is 0 Å². The summed E-state index contributed by atoms with van der Waals surface area (Å²) in [6, 6.07) is 0. The first-order valence-corrected chi connectivity index (χ1v) is 3.89. The zero-order valence-corrected chi connectivity index (χ0v) is 7.11. The van der Waals surface area contributed by atoms with Gasteiger partial charge in [0.25, 0.3) is 0 Å². The van der Waals surface area contributed by atoms with Gasteiger partial charge in [-0.15, -0.1) is 0 Å². The number of hydrogen-bond donors (Lipinski definition) is 1. The highest BCUT2D eigenvalue weighted by atomic mass is 35.5. The second-order valence-corrected chi connectivity index (χ2v) is 2.87. The Hall–Kier alpha value is -0.760. The second kappa shape index (κ2) is 3.58. The van der Waals surface area contributed by atoms with Crippen molar-refractivity contribution in [1.29, 1.82) is 0 Å². The monoisotopic (exact) mass is 171 g/mol. The molecule has 2 nitrogen and oxygen atoms in total. The van der Waals surface area contributed by atoms with E-state index in [0.29, 0.717) is 0 Å². The number of halogens is 1. The fraction of sp³-hybridized carbons (Fsp3) is 0.375. The van der Waals surface area contributed by atoms with E-state index in [1.807, 2.05) is 0 Å². The molecule has 3 heteroatoms. The molecule has 1 rings (SSSR count). The highest BCUT2D eigenvalue weighted by Crippen LogP contribution is 2.20. The van der Waals surface area contributed by atoms with Crippen LogP contribution in [0.25, 0.3) is 0 Å². The van der Waals surface area contributed by atoms with Crippen molar-refractivity contribution >= 4 is 17.5 Å². The number of allylic oxidation sites excluding steroid dienone is 3. The molecule has 0 bridgehead atoms. The molecule has 0 fully saturated rings. The van der Waals surface area contributed by atoms with E-state index in [2.05, 4.69) is 5.32 Å². The summed E-state index contributed by atoms with van der Waals surface area (Å²) < 4.78 is 0. The van der Waals surface area contributed by atoms with Crippen molar-refractivity contribution in [1.82, 2.24) is 5.32 Å². The smallest absolute Gasteiger partial charge is 0.246 e. The van der Waals surface area contributed by atoms with Gasteiger partial charge in [0.05, 0.1) is 0 Å². The Bertz CT molecular complexity index is 230. The number of carbonyl (C=O) groups excluding carboxylic acids is 1. The van der Waals surface area contributed by atoms with E-state index < -0.39 is 0 Å². The fourth-order valence-corrected chi connectivity index (χ4v) is 1.12. The Morgan fingerprint density at radius 3 is 2.73 bits per heavy atom. The third-order valence-corrected chi connectivity index (χ3v) is 1.93. The van der Waals surface area contributed by atoms with Crippen LogP contribution in [0.1, 0.15) is 12.8 Å². The van der Waals surface area contributed by atoms with E-state index in [9.17, 15) is 4.79 Å². The number of rotatable bonds is 1. The molecule has 0 saturated carbocycles. The lowest BCUT2D eigenvalue weighted by atomic mass is 10.0. The van der Waals surface area contributed by atoms with Crippen molar-refractivity contribution in [3.63, 3.8) is 0 Å². The molecule has 60 valence electrons. The molecule has 0 atom stereocenters. The van der Waals surface area contributed by atoms with Gasteiger partial charge < -0.3 is 5.32 Å². The molecule has 0 saturated heterocycles. The molecule has 0 radical (unpaired) electrons. The summed E-state index contributed by atoms with van der Waals surface area (Å²) in [5, 5.41) is 3.39. The largest absolute Gasteiger partial charge is 0.355 e. The Balaban J connectivity index is 2.68. The van der Waals surface area contributed by atoms with Crippen LogP contribution in [0.3, 0.4) is 0 Å². The third kappa shape index (κ3) is 2.09. The lowest BCUT2D eigenvalue weighted by molar-refractivity contribution is -0.117. The molecule has 1 aliphatic rings. The number of amides is 1. The average molecular weight is 172 g/mol. The summed E-state index contributed by atoms with van der Waals surface area (Å²) in [5.41, 5.74) is 0.803. The molecule has 0 aromatic heterocycles. The highest BCUT2D eigenvalue weighted by molar-refractivity contribution is 6.29. The summed E-state index contributed by atoms with van der Waals surface area (Å²) >= 11 is 5.71. The normalized spacial score (nSPS) is 16.9. The van der Waals surface area contributed by atoms with Crippen molar-refractivity contribution in [2.45, 2.75) is 12.8 Å². The van der Waals surface area contributed by atoms with Gasteiger partial charge in [-0.05, 0) is 18.9 Å². The van der Waals surface area contributed by atoms with Gasteiger partial charge in [-0.3, -0.25) is 4.79 Å². The van der Waals surface area contributed by atoms with Crippen molar-refractivity contribution < 1.29 is 4.79 Å². The van der Waals surface area contributed by atoms with Crippen LogP contribution in [0.5, 0.6) is 0 Å². The quantitative estimate of drug-likeness (QED) is 0.638. The Morgan fingerprint density at radius 1 is 1.55 bits per heavy atom. The molecule has 0 aliphatic heterocycles. The molecular formula is C8H10ClNO. The Labute approximate surface area is 70.9 Å². The lowest BCUT2D eigenvalue weighted by Gasteiger charge is -2.08. The van der Waals surface area contributed by atoms with Crippen LogP contribution in [-0.4, -0.2) is 13.0 Å². The minimum absolute atomic E-state index is 0.00887. The SMILES string of the molecule is CNC(=O)C1=CC=C(Cl)CC1. The van der Waals surface area contributed by atoms with Gasteiger partial charge in [0, 0.05) is 17.7 Å². The fourth-order valence-electron chi connectivity index (χ4n) is 0.962. The third-order valence-electron chi connectivity index (χ3n) is 1.62. The number of likely N-dealkylation sites (N-methyl/N-ethyl adjacent to an activating group) is 1. The molecule has 0 aromatic rings. The predicted molar refractivity (Wildman–Crippen MR) is 45.3 cm³/mol. The van der Waals surface area contributed by atoms with Gasteiger partial charge in [0.2, 0.25) is 5.91 Å². The summed E-state index contributed by atoms with van der Waals surface area (Å²) in [7, 11) is 1.63. The maximum Gasteiger partial charge on any atom is 0.246 e. The van der Waals surface area contributed by atoms with Crippen molar-refractivity contribution in [2.24, 2.45) is 0 Å². The first-order chi connectivity index (χ1) is 5.24. The molecular weight excluding hydrogens is 162 g/mol. The van der Waals surface area contributed by atoms with Crippen LogP contribution in [0, 0.1) is 0 Å². The van der Waals surface area contributed by atoms with Crippen molar-refractivity contribution in [3.8, 4) is 0 Å². The van der Waals surface area contributed by atoms with Gasteiger partial charge in [-0.2, -0.15) is 0 Å². The number of hydrogen-bond acceptors (Lipinski definition) is 1. The standard InChI is InChI=1S/C8H10ClNO/c1-10-8(11)6-2-4-7(9)5-3-6/h2,4H,3,5H2,1H3,(H,10,11). The first kappa shape index (κ1) is 8.34. The molecule has 0 aromatic carbocycles. The minimum Gasteiger partial charge on any atom is -0.355 e. The second-order valence-electron chi connectivity index (χ2n) is 2.38. The van der Waals surface area contributed by atoms with Crippen LogP contribution in [-0.2, 0) is 4.79 Å². The van der Waals surface area contributed by atoms with Crippen LogP contribution in [0.15, 0.2) is 22.8 Å². The van der Waals surface area contributed by atoms with Gasteiger partial charge in [0.1, 0.15) is 0 Å². The molecule has 1 N–H and O–H groups in total. The first-order valence-electron chi connectivity index (χ1n) is 3.51. The molecule has 0 heterocycles. The van der Waals surface area contributed by atoms with Crippen LogP contribution < -0.4 is 5.32 Å². The van der Waals surface area contributed by atoms with Gasteiger partial charge in [-0.1, -0.05) is 17.7 Å². The minimum atomic E-state index is -0.00887. The van der Waals surface area contributed by atoms with Crippen LogP contribution in [0.4, 0.5) is 0 Å². The summed E-state index contributed by atoms with van der Waals surface area (Å²) in [6.45, 7) is 0. The molecule has 0 spiro atoms. The van der Waals surface area contributed by atoms with Crippen molar-refractivity contribution in [3.05, 3.63) is 22.8 Å². The van der Waals surface area contributed by atoms with Gasteiger partial charge in [0.15, 0.2) is 0 Å². The summed E-state index contributed by atoms with van der Waals surface area (Å²) in [6.07, 6.45) is 5.07. The van der Waals surface area contributed by atoms with Crippen LogP contribution in [0.2, 0.25) is 0 Å². The van der Waals surface area contributed by atoms with Crippen molar-refractivity contribution in [2.75, 3.05) is 7.05 Å². The van der Waals surface area contributed by atoms with E-state index in [0.717, 1.165) is 23.4 Å². The summed E-state index contributed by atoms with van der Waals surface area (Å²) in [5.74, 6) is -0.00887. The number of carbonyl (C=O) groups is 1. The van der Waals surface area contributed by atoms with E-state index in [1.54, 1.807) is 19.2 Å². The Kier molecular flexibility index (Phi) is 2.71. The molecule has 1 aliphatic carbocycles. The van der Waals surface area contributed by atoms with Crippen LogP contribution >= 0.6 is 11.6 Å². The molecule has 1 amide bonds. The van der Waals surface area contributed by atoms with E-state index in [1.165, 1.54) is 0 Å². The highest BCUT2D eigenvalue weighted by Gasteiger charge is 2.09.